The first-order chi connectivity index (χ1) is 15.4. The van der Waals surface area contributed by atoms with Crippen molar-refractivity contribution in [2.45, 2.75) is 20.8 Å². The van der Waals surface area contributed by atoms with Gasteiger partial charge < -0.3 is 20.1 Å². The number of nitrogens with zero attached hydrogens (tertiary/aromatic N) is 2. The van der Waals surface area contributed by atoms with Gasteiger partial charge >= 0.3 is 0 Å². The number of aryl methyl sites for hydroxylation is 2. The van der Waals surface area contributed by atoms with Crippen LogP contribution in [0.25, 0.3) is 17.0 Å². The van der Waals surface area contributed by atoms with Crippen molar-refractivity contribution in [2.24, 2.45) is 7.05 Å². The predicted molar refractivity (Wildman–Crippen MR) is 130 cm³/mol. The molecule has 0 atom stereocenters. The number of aromatic nitrogens is 1. The maximum Gasteiger partial charge on any atom is 0.267 e. The number of benzene rings is 2. The van der Waals surface area contributed by atoms with Gasteiger partial charge in [-0.2, -0.15) is 0 Å². The Labute approximate surface area is 189 Å². The summed E-state index contributed by atoms with van der Waals surface area (Å²) in [7, 11) is 1.97. The molecule has 2 N–H and O–H groups in total. The van der Waals surface area contributed by atoms with Gasteiger partial charge in [0.05, 0.1) is 0 Å². The van der Waals surface area contributed by atoms with E-state index in [1.54, 1.807) is 18.2 Å². The molecule has 0 saturated heterocycles. The Morgan fingerprint density at radius 1 is 1.03 bits per heavy atom. The second-order valence-electron chi connectivity index (χ2n) is 7.87. The predicted octanol–water partition coefficient (Wildman–Crippen LogP) is 3.72. The van der Waals surface area contributed by atoms with Crippen LogP contribution in [0.15, 0.2) is 60.4 Å². The number of hydrogen-bond donors (Lipinski definition) is 2. The fraction of sp³-hybridized carbons (Fsp3) is 0.308. The molecule has 3 rings (SSSR count). The molecule has 0 bridgehead atoms. The van der Waals surface area contributed by atoms with Crippen LogP contribution in [0.1, 0.15) is 35.3 Å². The number of fused-ring (bicyclic) bond motifs is 1. The third kappa shape index (κ3) is 5.65. The molecule has 0 unspecified atom stereocenters. The summed E-state index contributed by atoms with van der Waals surface area (Å²) in [5.41, 5.74) is 3.75. The van der Waals surface area contributed by atoms with Gasteiger partial charge in [0.25, 0.3) is 11.8 Å². The minimum absolute atomic E-state index is 0.228. The summed E-state index contributed by atoms with van der Waals surface area (Å²) in [6.45, 7) is 9.28. The monoisotopic (exact) mass is 432 g/mol. The number of hydrogen-bond acceptors (Lipinski definition) is 3. The van der Waals surface area contributed by atoms with Crippen LogP contribution in [0.4, 0.5) is 0 Å². The molecule has 2 amide bonds. The van der Waals surface area contributed by atoms with Gasteiger partial charge in [0, 0.05) is 48.4 Å². The van der Waals surface area contributed by atoms with Gasteiger partial charge in [-0.3, -0.25) is 9.59 Å². The molecule has 168 valence electrons. The zero-order chi connectivity index (χ0) is 23.1. The van der Waals surface area contributed by atoms with Gasteiger partial charge in [-0.25, -0.2) is 0 Å². The molecule has 2 aromatic carbocycles. The molecule has 0 aliphatic heterocycles. The van der Waals surface area contributed by atoms with Crippen molar-refractivity contribution >= 4 is 28.8 Å². The van der Waals surface area contributed by atoms with E-state index in [-0.39, 0.29) is 17.5 Å². The first kappa shape index (κ1) is 23.3. The van der Waals surface area contributed by atoms with Gasteiger partial charge in [0.1, 0.15) is 5.70 Å². The van der Waals surface area contributed by atoms with Gasteiger partial charge in [-0.05, 0) is 44.3 Å². The molecule has 1 aromatic heterocycles. The van der Waals surface area contributed by atoms with E-state index < -0.39 is 0 Å². The third-order valence-corrected chi connectivity index (χ3v) is 5.64. The molecule has 0 aliphatic rings. The SMILES string of the molecule is CCN(CC)CCNC(=O)/C(=C/c1cn(C)c2ccccc12)NC(=O)c1ccc(C)cc1. The molecule has 1 heterocycles. The number of carbonyl (C=O) groups excluding carboxylic acids is 2. The number of likely N-dealkylation sites (N-methyl/N-ethyl adjacent to an activating group) is 1. The number of nitrogens with one attached hydrogen (secondary N) is 2. The highest BCUT2D eigenvalue weighted by molar-refractivity contribution is 6.06. The minimum atomic E-state index is -0.310. The molecular weight excluding hydrogens is 400 g/mol. The number of carbonyl (C=O) groups is 2. The number of para-hydroxylation sites is 1. The Morgan fingerprint density at radius 3 is 2.41 bits per heavy atom. The topological polar surface area (TPSA) is 66.4 Å². The van der Waals surface area contributed by atoms with Crippen molar-refractivity contribution in [1.29, 1.82) is 0 Å². The highest BCUT2D eigenvalue weighted by Gasteiger charge is 2.16. The fourth-order valence-electron chi connectivity index (χ4n) is 3.66. The van der Waals surface area contributed by atoms with Gasteiger partial charge in [-0.1, -0.05) is 49.7 Å². The molecule has 0 aliphatic carbocycles. The van der Waals surface area contributed by atoms with E-state index in [2.05, 4.69) is 29.4 Å². The van der Waals surface area contributed by atoms with Crippen LogP contribution >= 0.6 is 0 Å². The average molecular weight is 433 g/mol. The van der Waals surface area contributed by atoms with Crippen molar-refractivity contribution in [3.63, 3.8) is 0 Å². The Kier molecular flexibility index (Phi) is 7.84. The van der Waals surface area contributed by atoms with Crippen molar-refractivity contribution in [1.82, 2.24) is 20.1 Å². The lowest BCUT2D eigenvalue weighted by Gasteiger charge is -2.18. The van der Waals surface area contributed by atoms with E-state index in [0.29, 0.717) is 12.1 Å². The van der Waals surface area contributed by atoms with Crippen LogP contribution in [-0.2, 0) is 11.8 Å². The molecule has 0 saturated carbocycles. The third-order valence-electron chi connectivity index (χ3n) is 5.64. The summed E-state index contributed by atoms with van der Waals surface area (Å²) in [6.07, 6.45) is 3.72. The lowest BCUT2D eigenvalue weighted by Crippen LogP contribution is -2.39. The summed E-state index contributed by atoms with van der Waals surface area (Å²) in [6, 6.07) is 15.3. The van der Waals surface area contributed by atoms with Crippen LogP contribution in [0.3, 0.4) is 0 Å². The standard InChI is InChI=1S/C26H32N4O2/c1-5-30(6-2)16-15-27-26(32)23(28-25(31)20-13-11-19(3)12-14-20)17-21-18-29(4)24-10-8-7-9-22(21)24/h7-14,17-18H,5-6,15-16H2,1-4H3,(H,27,32)(H,28,31)/b23-17-. The van der Waals surface area contributed by atoms with E-state index in [0.717, 1.165) is 41.7 Å². The molecule has 0 fully saturated rings. The summed E-state index contributed by atoms with van der Waals surface area (Å²) < 4.78 is 2.01. The molecule has 3 aromatic rings. The molecular formula is C26H32N4O2. The van der Waals surface area contributed by atoms with Crippen molar-refractivity contribution in [2.75, 3.05) is 26.2 Å². The Hall–Kier alpha value is -3.38. The summed E-state index contributed by atoms with van der Waals surface area (Å²) in [5.74, 6) is -0.610. The van der Waals surface area contributed by atoms with Crippen LogP contribution in [0.2, 0.25) is 0 Å². The van der Waals surface area contributed by atoms with E-state index in [9.17, 15) is 9.59 Å². The van der Waals surface area contributed by atoms with Gasteiger partial charge in [-0.15, -0.1) is 0 Å². The highest BCUT2D eigenvalue weighted by atomic mass is 16.2. The number of rotatable bonds is 9. The summed E-state index contributed by atoms with van der Waals surface area (Å²) in [4.78, 5) is 28.1. The smallest absolute Gasteiger partial charge is 0.267 e. The molecule has 0 radical (unpaired) electrons. The molecule has 6 heteroatoms. The lowest BCUT2D eigenvalue weighted by molar-refractivity contribution is -0.117. The first-order valence-corrected chi connectivity index (χ1v) is 11.1. The molecule has 6 nitrogen and oxygen atoms in total. The Balaban J connectivity index is 1.87. The minimum Gasteiger partial charge on any atom is -0.350 e. The second-order valence-corrected chi connectivity index (χ2v) is 7.87. The van der Waals surface area contributed by atoms with Crippen molar-refractivity contribution in [3.8, 4) is 0 Å². The van der Waals surface area contributed by atoms with Crippen LogP contribution in [0, 0.1) is 6.92 Å². The molecule has 32 heavy (non-hydrogen) atoms. The summed E-state index contributed by atoms with van der Waals surface area (Å²) in [5, 5.41) is 6.80. The van der Waals surface area contributed by atoms with E-state index in [1.165, 1.54) is 0 Å². The van der Waals surface area contributed by atoms with Gasteiger partial charge in [0.15, 0.2) is 0 Å². The van der Waals surface area contributed by atoms with E-state index in [1.807, 2.05) is 61.1 Å². The fourth-order valence-corrected chi connectivity index (χ4v) is 3.66. The Bertz CT molecular complexity index is 1110. The van der Waals surface area contributed by atoms with Crippen LogP contribution < -0.4 is 10.6 Å². The zero-order valence-electron chi connectivity index (χ0n) is 19.3. The second kappa shape index (κ2) is 10.8. The maximum absolute atomic E-state index is 13.1. The van der Waals surface area contributed by atoms with Crippen LogP contribution in [0.5, 0.6) is 0 Å². The normalized spacial score (nSPS) is 11.7. The average Bonchev–Trinajstić information content (AvgIpc) is 3.12. The summed E-state index contributed by atoms with van der Waals surface area (Å²) >= 11 is 0. The van der Waals surface area contributed by atoms with Crippen molar-refractivity contribution < 1.29 is 9.59 Å². The highest BCUT2D eigenvalue weighted by Crippen LogP contribution is 2.22. The molecule has 0 spiro atoms. The first-order valence-electron chi connectivity index (χ1n) is 11.1. The lowest BCUT2D eigenvalue weighted by atomic mass is 10.1. The maximum atomic E-state index is 13.1. The quantitative estimate of drug-likeness (QED) is 0.507. The Morgan fingerprint density at radius 2 is 1.72 bits per heavy atom. The van der Waals surface area contributed by atoms with Crippen LogP contribution in [-0.4, -0.2) is 47.5 Å². The van der Waals surface area contributed by atoms with E-state index >= 15 is 0 Å². The largest absolute Gasteiger partial charge is 0.350 e. The zero-order valence-corrected chi connectivity index (χ0v) is 19.3. The number of amides is 2. The van der Waals surface area contributed by atoms with E-state index in [4.69, 9.17) is 0 Å². The van der Waals surface area contributed by atoms with Gasteiger partial charge in [0.2, 0.25) is 0 Å². The van der Waals surface area contributed by atoms with Crippen molar-refractivity contribution in [3.05, 3.63) is 77.1 Å².